The standard InChI is InChI=1S/C31H38N2O4/c1-5-9-21(26(32(2)3)19-10-7-6-8-11-19)27(35)31(36)15-14-20-18-23-22-12-13-24(34)28-30(22,16-17-33(23)4)25(20)29(31)37-28/h6-8,10-14,22-24,28,34,36H,5,9,15-18H2,1-4H3/b26-21-/t22-,23+,24-,28-,30-,31?/m0/s1. The van der Waals surface area contributed by atoms with E-state index in [1.54, 1.807) is 0 Å². The van der Waals surface area contributed by atoms with E-state index >= 15 is 0 Å². The molecule has 3 aliphatic carbocycles. The van der Waals surface area contributed by atoms with Crippen molar-refractivity contribution >= 4 is 11.5 Å². The summed E-state index contributed by atoms with van der Waals surface area (Å²) in [6, 6.07) is 10.3. The van der Waals surface area contributed by atoms with Crippen molar-refractivity contribution in [3.63, 3.8) is 0 Å². The molecule has 6 heteroatoms. The number of benzene rings is 1. The number of piperidine rings is 1. The second-order valence-corrected chi connectivity index (χ2v) is 11.6. The number of aliphatic hydroxyl groups excluding tert-OH is 1. The number of carbonyl (C=O) groups excluding carboxylic acids is 1. The molecule has 2 aliphatic heterocycles. The Balaban J connectivity index is 1.51. The number of Topliss-reactive ketones (excluding diaryl/α,β-unsaturated/α-hetero) is 1. The molecule has 2 bridgehead atoms. The molecule has 1 spiro atoms. The Kier molecular flexibility index (Phi) is 5.79. The summed E-state index contributed by atoms with van der Waals surface area (Å²) in [6.45, 7) is 2.96. The fraction of sp³-hybridized carbons (Fsp3) is 0.516. The molecule has 0 amide bonds. The summed E-state index contributed by atoms with van der Waals surface area (Å²) >= 11 is 0. The van der Waals surface area contributed by atoms with Gasteiger partial charge in [-0.3, -0.25) is 4.79 Å². The first-order chi connectivity index (χ1) is 17.7. The van der Waals surface area contributed by atoms with Gasteiger partial charge in [0.25, 0.3) is 0 Å². The number of hydrogen-bond acceptors (Lipinski definition) is 6. The third kappa shape index (κ3) is 3.32. The third-order valence-electron chi connectivity index (χ3n) is 9.42. The van der Waals surface area contributed by atoms with E-state index in [-0.39, 0.29) is 18.1 Å². The molecule has 2 heterocycles. The summed E-state index contributed by atoms with van der Waals surface area (Å²) in [7, 11) is 6.07. The first-order valence-corrected chi connectivity index (χ1v) is 13.6. The normalized spacial score (nSPS) is 36.4. The average molecular weight is 503 g/mol. The third-order valence-corrected chi connectivity index (χ3v) is 9.42. The molecule has 6 nitrogen and oxygen atoms in total. The molecule has 1 saturated carbocycles. The molecule has 196 valence electrons. The zero-order chi connectivity index (χ0) is 26.1. The molecule has 0 radical (unpaired) electrons. The first-order valence-electron chi connectivity index (χ1n) is 13.6. The van der Waals surface area contributed by atoms with Gasteiger partial charge in [0.15, 0.2) is 5.60 Å². The maximum atomic E-state index is 14.5. The van der Waals surface area contributed by atoms with Gasteiger partial charge in [-0.05, 0) is 44.0 Å². The molecule has 1 unspecified atom stereocenters. The highest BCUT2D eigenvalue weighted by Gasteiger charge is 2.68. The van der Waals surface area contributed by atoms with Crippen LogP contribution >= 0.6 is 0 Å². The highest BCUT2D eigenvalue weighted by atomic mass is 16.5. The summed E-state index contributed by atoms with van der Waals surface area (Å²) in [5.41, 5.74) is 2.39. The maximum Gasteiger partial charge on any atom is 0.200 e. The van der Waals surface area contributed by atoms with Crippen LogP contribution in [0.5, 0.6) is 0 Å². The Morgan fingerprint density at radius 3 is 2.68 bits per heavy atom. The smallest absolute Gasteiger partial charge is 0.200 e. The Labute approximate surface area is 219 Å². The van der Waals surface area contributed by atoms with Crippen LogP contribution in [0.25, 0.3) is 5.70 Å². The summed E-state index contributed by atoms with van der Waals surface area (Å²) < 4.78 is 6.60. The van der Waals surface area contributed by atoms with E-state index in [0.717, 1.165) is 42.6 Å². The molecule has 2 N–H and O–H groups in total. The molecule has 37 heavy (non-hydrogen) atoms. The molecule has 1 aromatic rings. The number of aliphatic hydroxyl groups is 2. The van der Waals surface area contributed by atoms with Gasteiger partial charge in [0.1, 0.15) is 18.0 Å². The van der Waals surface area contributed by atoms with E-state index in [2.05, 4.69) is 31.0 Å². The second-order valence-electron chi connectivity index (χ2n) is 11.6. The van der Waals surface area contributed by atoms with Crippen LogP contribution in [0.15, 0.2) is 71.0 Å². The lowest BCUT2D eigenvalue weighted by molar-refractivity contribution is -0.137. The Morgan fingerprint density at radius 1 is 1.22 bits per heavy atom. The number of ketones is 1. The van der Waals surface area contributed by atoms with Crippen molar-refractivity contribution in [2.75, 3.05) is 27.7 Å². The first kappa shape index (κ1) is 24.7. The Bertz CT molecular complexity index is 1240. The Hall–Kier alpha value is -2.67. The van der Waals surface area contributed by atoms with Crippen molar-refractivity contribution in [3.05, 3.63) is 76.6 Å². The summed E-state index contributed by atoms with van der Waals surface area (Å²) in [5.74, 6) is 0.299. The van der Waals surface area contributed by atoms with E-state index in [4.69, 9.17) is 4.74 Å². The van der Waals surface area contributed by atoms with Gasteiger partial charge in [-0.1, -0.05) is 61.9 Å². The minimum atomic E-state index is -1.79. The van der Waals surface area contributed by atoms with Crippen molar-refractivity contribution in [1.29, 1.82) is 0 Å². The van der Waals surface area contributed by atoms with Crippen LogP contribution in [0.2, 0.25) is 0 Å². The van der Waals surface area contributed by atoms with E-state index in [0.29, 0.717) is 23.8 Å². The number of carbonyl (C=O) groups is 1. The molecule has 1 saturated heterocycles. The van der Waals surface area contributed by atoms with Crippen LogP contribution in [0.3, 0.4) is 0 Å². The van der Waals surface area contributed by atoms with Crippen molar-refractivity contribution < 1.29 is 19.7 Å². The largest absolute Gasteiger partial charge is 0.487 e. The summed E-state index contributed by atoms with van der Waals surface area (Å²) in [6.07, 6.45) is 8.08. The van der Waals surface area contributed by atoms with Crippen LogP contribution in [-0.2, 0) is 9.53 Å². The van der Waals surface area contributed by atoms with Crippen LogP contribution in [-0.4, -0.2) is 77.3 Å². The number of hydrogen-bond donors (Lipinski definition) is 2. The number of likely N-dealkylation sites (tertiary alicyclic amines) is 1. The van der Waals surface area contributed by atoms with Gasteiger partial charge >= 0.3 is 0 Å². The van der Waals surface area contributed by atoms with Crippen LogP contribution < -0.4 is 0 Å². The molecule has 6 atom stereocenters. The fourth-order valence-corrected chi connectivity index (χ4v) is 7.83. The molecule has 2 fully saturated rings. The molecule has 6 rings (SSSR count). The van der Waals surface area contributed by atoms with Gasteiger partial charge in [0, 0.05) is 49.0 Å². The minimum Gasteiger partial charge on any atom is -0.487 e. The van der Waals surface area contributed by atoms with Gasteiger partial charge in [-0.25, -0.2) is 0 Å². The number of ether oxygens (including phenoxy) is 1. The molecular formula is C31H38N2O4. The van der Waals surface area contributed by atoms with Gasteiger partial charge in [0.2, 0.25) is 5.78 Å². The quantitative estimate of drug-likeness (QED) is 0.457. The molecule has 5 aliphatic rings. The van der Waals surface area contributed by atoms with Crippen LogP contribution in [0.4, 0.5) is 0 Å². The molecule has 0 aromatic heterocycles. The number of rotatable bonds is 6. The van der Waals surface area contributed by atoms with Gasteiger partial charge in [0.05, 0.1) is 5.70 Å². The maximum absolute atomic E-state index is 14.5. The SMILES string of the molecule is CCC/C(C(=O)C1(O)CC=C2C[C@@H]3[C@@H]4C=C[C@H](O)[C@@H]5OC1=C2[C@]45CCN3C)=C(\c1ccccc1)N(C)C. The van der Waals surface area contributed by atoms with Gasteiger partial charge in [-0.15, -0.1) is 0 Å². The van der Waals surface area contributed by atoms with Crippen molar-refractivity contribution in [3.8, 4) is 0 Å². The average Bonchev–Trinajstić information content (AvgIpc) is 3.25. The zero-order valence-electron chi connectivity index (χ0n) is 22.3. The van der Waals surface area contributed by atoms with Crippen LogP contribution in [0, 0.1) is 11.3 Å². The van der Waals surface area contributed by atoms with Crippen molar-refractivity contribution in [2.24, 2.45) is 11.3 Å². The monoisotopic (exact) mass is 502 g/mol. The number of nitrogens with zero attached hydrogens (tertiary/aromatic N) is 2. The van der Waals surface area contributed by atoms with Crippen molar-refractivity contribution in [2.45, 2.75) is 62.9 Å². The Morgan fingerprint density at radius 2 is 1.97 bits per heavy atom. The van der Waals surface area contributed by atoms with E-state index in [1.165, 1.54) is 5.57 Å². The van der Waals surface area contributed by atoms with E-state index in [1.807, 2.05) is 55.4 Å². The predicted octanol–water partition coefficient (Wildman–Crippen LogP) is 3.68. The van der Waals surface area contributed by atoms with E-state index < -0.39 is 23.2 Å². The summed E-state index contributed by atoms with van der Waals surface area (Å²) in [5, 5.41) is 23.4. The van der Waals surface area contributed by atoms with Crippen LogP contribution in [0.1, 0.15) is 44.6 Å². The van der Waals surface area contributed by atoms with Gasteiger partial charge < -0.3 is 24.7 Å². The second kappa shape index (κ2) is 8.69. The molecule has 1 aromatic carbocycles. The van der Waals surface area contributed by atoms with E-state index in [9.17, 15) is 15.0 Å². The zero-order valence-corrected chi connectivity index (χ0v) is 22.3. The van der Waals surface area contributed by atoms with Crippen molar-refractivity contribution in [1.82, 2.24) is 9.80 Å². The lowest BCUT2D eigenvalue weighted by atomic mass is 9.51. The predicted molar refractivity (Wildman–Crippen MR) is 143 cm³/mol. The topological polar surface area (TPSA) is 73.2 Å². The summed E-state index contributed by atoms with van der Waals surface area (Å²) in [4.78, 5) is 18.9. The highest BCUT2D eigenvalue weighted by molar-refractivity contribution is 6.09. The molecular weight excluding hydrogens is 464 g/mol. The highest BCUT2D eigenvalue weighted by Crippen LogP contribution is 2.66. The fourth-order valence-electron chi connectivity index (χ4n) is 7.83. The lowest BCUT2D eigenvalue weighted by Gasteiger charge is -2.58. The minimum absolute atomic E-state index is 0.189. The lowest BCUT2D eigenvalue weighted by Crippen LogP contribution is -2.62. The van der Waals surface area contributed by atoms with Gasteiger partial charge in [-0.2, -0.15) is 0 Å².